The number of hydrogen-bond acceptors (Lipinski definition) is 10. The summed E-state index contributed by atoms with van der Waals surface area (Å²) >= 11 is 0. The molecule has 0 aromatic carbocycles. The van der Waals surface area contributed by atoms with Gasteiger partial charge in [0.15, 0.2) is 6.29 Å². The molecule has 1 amide bonds. The SMILES string of the molecule is CCCCCCCCCCCCCCCCCCCCCCCCCCCCCCCC(=O)NC(COC1OC(CO)C(O)C(OS(=O)(=O)O)C1O)C(O)CCCCCCCCCCCCCCCCCCCCCC. The first-order valence-corrected chi connectivity index (χ1v) is 34.3. The second kappa shape index (κ2) is 53.4. The molecular formula is C63H125NO11S. The van der Waals surface area contributed by atoms with E-state index in [4.69, 9.17) is 9.47 Å². The smallest absolute Gasteiger partial charge is 0.394 e. The van der Waals surface area contributed by atoms with Crippen LogP contribution in [0, 0.1) is 0 Å². The maximum atomic E-state index is 13.2. The molecule has 0 saturated carbocycles. The number of hydrogen-bond donors (Lipinski definition) is 6. The van der Waals surface area contributed by atoms with E-state index in [0.717, 1.165) is 51.4 Å². The largest absolute Gasteiger partial charge is 0.397 e. The third-order valence-corrected chi connectivity index (χ3v) is 16.6. The lowest BCUT2D eigenvalue weighted by Gasteiger charge is -2.41. The Morgan fingerprint density at radius 3 is 1.05 bits per heavy atom. The van der Waals surface area contributed by atoms with Gasteiger partial charge in [0.1, 0.15) is 24.4 Å². The minimum Gasteiger partial charge on any atom is -0.394 e. The van der Waals surface area contributed by atoms with Crippen LogP contribution in [0.25, 0.3) is 0 Å². The maximum Gasteiger partial charge on any atom is 0.397 e. The molecule has 7 atom stereocenters. The van der Waals surface area contributed by atoms with Crippen LogP contribution in [0.4, 0.5) is 0 Å². The number of carbonyl (C=O) groups excluding carboxylic acids is 1. The number of aliphatic hydroxyl groups is 4. The second-order valence-corrected chi connectivity index (χ2v) is 24.5. The average molecular weight is 1100 g/mol. The Morgan fingerprint density at radius 2 is 0.763 bits per heavy atom. The van der Waals surface area contributed by atoms with E-state index in [1.54, 1.807) is 0 Å². The van der Waals surface area contributed by atoms with Crippen LogP contribution in [0.3, 0.4) is 0 Å². The summed E-state index contributed by atoms with van der Waals surface area (Å²) in [5.74, 6) is -0.220. The van der Waals surface area contributed by atoms with Crippen molar-refractivity contribution in [3.8, 4) is 0 Å². The van der Waals surface area contributed by atoms with Crippen molar-refractivity contribution in [3.63, 3.8) is 0 Å². The van der Waals surface area contributed by atoms with Crippen molar-refractivity contribution in [1.29, 1.82) is 0 Å². The van der Waals surface area contributed by atoms with Gasteiger partial charge >= 0.3 is 10.4 Å². The van der Waals surface area contributed by atoms with E-state index in [2.05, 4.69) is 23.3 Å². The highest BCUT2D eigenvalue weighted by molar-refractivity contribution is 7.80. The van der Waals surface area contributed by atoms with Crippen LogP contribution in [0.5, 0.6) is 0 Å². The molecule has 1 heterocycles. The summed E-state index contributed by atoms with van der Waals surface area (Å²) in [6.45, 7) is 3.52. The fourth-order valence-corrected chi connectivity index (χ4v) is 11.6. The molecule has 0 radical (unpaired) electrons. The monoisotopic (exact) mass is 1100 g/mol. The van der Waals surface area contributed by atoms with Gasteiger partial charge in [0, 0.05) is 6.42 Å². The molecule has 454 valence electrons. The summed E-state index contributed by atoms with van der Waals surface area (Å²) in [4.78, 5) is 13.2. The molecule has 1 aliphatic rings. The molecule has 1 fully saturated rings. The van der Waals surface area contributed by atoms with Crippen molar-refractivity contribution in [2.24, 2.45) is 0 Å². The quantitative estimate of drug-likeness (QED) is 0.0251. The normalized spacial score (nSPS) is 18.9. The Kier molecular flexibility index (Phi) is 51.4. The highest BCUT2D eigenvalue weighted by Crippen LogP contribution is 2.27. The standard InChI is InChI=1S/C63H125NO11S/c1-3-5-7-9-11-13-15-17-19-21-23-25-26-27-28-29-30-31-32-33-35-37-39-41-43-45-47-49-51-53-59(67)64-56(55-73-63-61(69)62(75-76(70,71)72)60(68)58(54-65)74-63)57(66)52-50-48-46-44-42-40-38-36-34-24-22-20-18-16-14-12-10-8-6-4-2/h56-58,60-63,65-66,68-69H,3-55H2,1-2H3,(H,64,67)(H,70,71,72). The predicted molar refractivity (Wildman–Crippen MR) is 315 cm³/mol. The van der Waals surface area contributed by atoms with E-state index in [1.807, 2.05) is 0 Å². The lowest BCUT2D eigenvalue weighted by Crippen LogP contribution is -2.61. The number of amides is 1. The van der Waals surface area contributed by atoms with Gasteiger partial charge in [-0.25, -0.2) is 4.18 Å². The third kappa shape index (κ3) is 44.8. The van der Waals surface area contributed by atoms with Crippen LogP contribution in [-0.4, -0.2) is 95.4 Å². The third-order valence-electron chi connectivity index (χ3n) is 16.2. The number of aliphatic hydroxyl groups excluding tert-OH is 4. The molecule has 1 rings (SSSR count). The molecule has 0 aliphatic carbocycles. The Morgan fingerprint density at radius 1 is 0.474 bits per heavy atom. The minimum atomic E-state index is -5.08. The fraction of sp³-hybridized carbons (Fsp3) is 0.984. The van der Waals surface area contributed by atoms with E-state index in [-0.39, 0.29) is 12.5 Å². The summed E-state index contributed by atoms with van der Waals surface area (Å²) in [7, 11) is -5.08. The molecule has 1 aliphatic heterocycles. The molecule has 13 heteroatoms. The fourth-order valence-electron chi connectivity index (χ4n) is 11.1. The highest BCUT2D eigenvalue weighted by atomic mass is 32.3. The van der Waals surface area contributed by atoms with Gasteiger partial charge in [-0.1, -0.05) is 322 Å². The van der Waals surface area contributed by atoms with E-state index >= 15 is 0 Å². The van der Waals surface area contributed by atoms with Gasteiger partial charge < -0.3 is 35.2 Å². The minimum absolute atomic E-state index is 0.220. The first-order valence-electron chi connectivity index (χ1n) is 32.9. The Balaban J connectivity index is 2.24. The number of ether oxygens (including phenoxy) is 2. The molecule has 7 unspecified atom stereocenters. The second-order valence-electron chi connectivity index (χ2n) is 23.4. The number of rotatable bonds is 59. The Labute approximate surface area is 468 Å². The Hall–Kier alpha value is -0.900. The summed E-state index contributed by atoms with van der Waals surface area (Å²) in [5.41, 5.74) is 0. The van der Waals surface area contributed by atoms with E-state index in [1.165, 1.54) is 263 Å². The highest BCUT2D eigenvalue weighted by Gasteiger charge is 2.48. The predicted octanol–water partition coefficient (Wildman–Crippen LogP) is 16.4. The molecule has 12 nitrogen and oxygen atoms in total. The van der Waals surface area contributed by atoms with Crippen molar-refractivity contribution >= 4 is 16.3 Å². The zero-order valence-electron chi connectivity index (χ0n) is 49.6. The van der Waals surface area contributed by atoms with Gasteiger partial charge in [0.2, 0.25) is 5.91 Å². The number of nitrogens with one attached hydrogen (secondary N) is 1. The van der Waals surface area contributed by atoms with E-state index in [0.29, 0.717) is 12.8 Å². The van der Waals surface area contributed by atoms with Crippen LogP contribution in [0.15, 0.2) is 0 Å². The molecule has 0 bridgehead atoms. The average Bonchev–Trinajstić information content (AvgIpc) is 3.40. The molecule has 0 aromatic heterocycles. The van der Waals surface area contributed by atoms with Crippen LogP contribution in [0.1, 0.15) is 341 Å². The first kappa shape index (κ1) is 73.1. The molecular weight excluding hydrogens is 979 g/mol. The van der Waals surface area contributed by atoms with Gasteiger partial charge in [-0.05, 0) is 12.8 Å². The molecule has 1 saturated heterocycles. The van der Waals surface area contributed by atoms with Gasteiger partial charge in [-0.15, -0.1) is 0 Å². The summed E-state index contributed by atoms with van der Waals surface area (Å²) in [6, 6.07) is -0.854. The molecule has 0 aromatic rings. The van der Waals surface area contributed by atoms with Gasteiger partial charge in [-0.3, -0.25) is 9.35 Å². The van der Waals surface area contributed by atoms with Gasteiger partial charge in [0.25, 0.3) is 0 Å². The van der Waals surface area contributed by atoms with Crippen LogP contribution in [0.2, 0.25) is 0 Å². The van der Waals surface area contributed by atoms with Crippen LogP contribution >= 0.6 is 0 Å². The Bertz CT molecular complexity index is 1340. The van der Waals surface area contributed by atoms with Crippen LogP contribution in [-0.2, 0) is 28.9 Å². The van der Waals surface area contributed by atoms with Crippen molar-refractivity contribution in [3.05, 3.63) is 0 Å². The van der Waals surface area contributed by atoms with E-state index < -0.39 is 59.9 Å². The zero-order chi connectivity index (χ0) is 55.4. The number of carbonyl (C=O) groups is 1. The van der Waals surface area contributed by atoms with Crippen LogP contribution < -0.4 is 5.32 Å². The summed E-state index contributed by atoms with van der Waals surface area (Å²) < 4.78 is 48.0. The lowest BCUT2D eigenvalue weighted by molar-refractivity contribution is -0.298. The summed E-state index contributed by atoms with van der Waals surface area (Å²) in [6.07, 6.45) is 55.6. The molecule has 0 spiro atoms. The van der Waals surface area contributed by atoms with Gasteiger partial charge in [-0.2, -0.15) is 8.42 Å². The first-order chi connectivity index (χ1) is 37.0. The number of unbranched alkanes of at least 4 members (excludes halogenated alkanes) is 47. The van der Waals surface area contributed by atoms with Crippen molar-refractivity contribution in [2.75, 3.05) is 13.2 Å². The lowest BCUT2D eigenvalue weighted by atomic mass is 9.99. The topological polar surface area (TPSA) is 192 Å². The van der Waals surface area contributed by atoms with Crippen molar-refractivity contribution in [1.82, 2.24) is 5.32 Å². The van der Waals surface area contributed by atoms with Crippen molar-refractivity contribution < 1.29 is 51.8 Å². The molecule has 6 N–H and O–H groups in total. The molecule has 76 heavy (non-hydrogen) atoms. The zero-order valence-corrected chi connectivity index (χ0v) is 50.4. The maximum absolute atomic E-state index is 13.2. The summed E-state index contributed by atoms with van der Waals surface area (Å²) in [5, 5.41) is 45.3. The van der Waals surface area contributed by atoms with E-state index in [9.17, 15) is 38.2 Å². The van der Waals surface area contributed by atoms with Crippen molar-refractivity contribution in [2.45, 2.75) is 384 Å². The van der Waals surface area contributed by atoms with Gasteiger partial charge in [0.05, 0.1) is 25.4 Å².